The molecule has 0 aromatic heterocycles. The maximum absolute atomic E-state index is 11.9. The van der Waals surface area contributed by atoms with Gasteiger partial charge in [-0.15, -0.1) is 0 Å². The van der Waals surface area contributed by atoms with Gasteiger partial charge in [0, 0.05) is 27.3 Å². The van der Waals surface area contributed by atoms with E-state index in [-0.39, 0.29) is 19.2 Å². The topological polar surface area (TPSA) is 88.1 Å². The number of rotatable bonds is 7. The van der Waals surface area contributed by atoms with Crippen LogP contribution in [0, 0.1) is 5.92 Å². The molecule has 0 aromatic rings. The summed E-state index contributed by atoms with van der Waals surface area (Å²) in [5, 5.41) is 11.8. The standard InChI is InChI=1S/C12H22N2O5/c1-14(10-8-19-7-9(10)11(15)16)12(17)13-5-3-4-6-18-2/h9-10H,3-8H2,1-2H3,(H,13,17)(H,15,16). The lowest BCUT2D eigenvalue weighted by atomic mass is 10.0. The second-order valence-electron chi connectivity index (χ2n) is 4.59. The molecule has 0 saturated carbocycles. The number of aliphatic carboxylic acids is 1. The lowest BCUT2D eigenvalue weighted by Gasteiger charge is -2.26. The van der Waals surface area contributed by atoms with Gasteiger partial charge in [0.15, 0.2) is 0 Å². The lowest BCUT2D eigenvalue weighted by molar-refractivity contribution is -0.142. The van der Waals surface area contributed by atoms with E-state index in [1.54, 1.807) is 14.2 Å². The van der Waals surface area contributed by atoms with E-state index in [1.807, 2.05) is 0 Å². The zero-order chi connectivity index (χ0) is 14.3. The highest BCUT2D eigenvalue weighted by atomic mass is 16.5. The number of carboxylic acids is 1. The number of hydrogen-bond acceptors (Lipinski definition) is 4. The van der Waals surface area contributed by atoms with Gasteiger partial charge in [0.05, 0.1) is 19.3 Å². The minimum absolute atomic E-state index is 0.158. The molecule has 0 bridgehead atoms. The van der Waals surface area contributed by atoms with Gasteiger partial charge in [0.2, 0.25) is 0 Å². The molecule has 7 nitrogen and oxygen atoms in total. The number of methoxy groups -OCH3 is 1. The molecule has 1 aliphatic heterocycles. The summed E-state index contributed by atoms with van der Waals surface area (Å²) >= 11 is 0. The first kappa shape index (κ1) is 15.7. The van der Waals surface area contributed by atoms with Crippen LogP contribution >= 0.6 is 0 Å². The second kappa shape index (κ2) is 7.96. The summed E-state index contributed by atoms with van der Waals surface area (Å²) < 4.78 is 10.1. The normalized spacial score (nSPS) is 22.2. The van der Waals surface area contributed by atoms with Gasteiger partial charge < -0.3 is 24.8 Å². The summed E-state index contributed by atoms with van der Waals surface area (Å²) in [6.45, 7) is 1.65. The Morgan fingerprint density at radius 3 is 2.79 bits per heavy atom. The fourth-order valence-electron chi connectivity index (χ4n) is 2.00. The molecule has 0 spiro atoms. The van der Waals surface area contributed by atoms with Gasteiger partial charge in [-0.25, -0.2) is 4.79 Å². The van der Waals surface area contributed by atoms with Crippen molar-refractivity contribution in [3.8, 4) is 0 Å². The molecule has 2 amide bonds. The minimum Gasteiger partial charge on any atom is -0.481 e. The Morgan fingerprint density at radius 1 is 1.42 bits per heavy atom. The predicted octanol–water partition coefficient (Wildman–Crippen LogP) is 0.154. The van der Waals surface area contributed by atoms with Gasteiger partial charge in [-0.2, -0.15) is 0 Å². The molecule has 1 saturated heterocycles. The van der Waals surface area contributed by atoms with Gasteiger partial charge in [0.1, 0.15) is 5.92 Å². The first-order chi connectivity index (χ1) is 9.07. The van der Waals surface area contributed by atoms with Gasteiger partial charge in [-0.1, -0.05) is 0 Å². The molecule has 1 fully saturated rings. The van der Waals surface area contributed by atoms with E-state index in [0.717, 1.165) is 12.8 Å². The number of carboxylic acid groups (broad SMARTS) is 1. The third kappa shape index (κ3) is 4.68. The molecule has 1 aliphatic rings. The Kier molecular flexibility index (Phi) is 6.58. The van der Waals surface area contributed by atoms with E-state index in [2.05, 4.69) is 5.32 Å². The molecule has 1 rings (SSSR count). The average Bonchev–Trinajstić information content (AvgIpc) is 2.86. The average molecular weight is 274 g/mol. The maximum atomic E-state index is 11.9. The van der Waals surface area contributed by atoms with E-state index in [1.165, 1.54) is 4.90 Å². The Labute approximate surface area is 112 Å². The van der Waals surface area contributed by atoms with Crippen LogP contribution in [0.2, 0.25) is 0 Å². The van der Waals surface area contributed by atoms with Gasteiger partial charge in [-0.05, 0) is 12.8 Å². The fourth-order valence-corrected chi connectivity index (χ4v) is 2.00. The molecule has 0 aliphatic carbocycles. The molecule has 0 aromatic carbocycles. The van der Waals surface area contributed by atoms with Crippen molar-refractivity contribution in [1.82, 2.24) is 10.2 Å². The molecule has 2 unspecified atom stereocenters. The highest BCUT2D eigenvalue weighted by Gasteiger charge is 2.38. The highest BCUT2D eigenvalue weighted by molar-refractivity contribution is 5.77. The zero-order valence-corrected chi connectivity index (χ0v) is 11.4. The van der Waals surface area contributed by atoms with E-state index in [4.69, 9.17) is 14.6 Å². The zero-order valence-electron chi connectivity index (χ0n) is 11.4. The SMILES string of the molecule is COCCCCNC(=O)N(C)C1COCC1C(=O)O. The smallest absolute Gasteiger partial charge is 0.317 e. The van der Waals surface area contributed by atoms with Crippen molar-refractivity contribution in [2.24, 2.45) is 5.92 Å². The number of ether oxygens (including phenoxy) is 2. The number of nitrogens with one attached hydrogen (secondary N) is 1. The molecule has 2 atom stereocenters. The highest BCUT2D eigenvalue weighted by Crippen LogP contribution is 2.18. The Morgan fingerprint density at radius 2 is 2.16 bits per heavy atom. The Balaban J connectivity index is 2.33. The summed E-state index contributed by atoms with van der Waals surface area (Å²) in [5.74, 6) is -1.58. The van der Waals surface area contributed by atoms with Crippen LogP contribution in [0.4, 0.5) is 4.79 Å². The monoisotopic (exact) mass is 274 g/mol. The van der Waals surface area contributed by atoms with Gasteiger partial charge >= 0.3 is 12.0 Å². The number of carbonyl (C=O) groups is 2. The summed E-state index contributed by atoms with van der Waals surface area (Å²) in [6, 6.07) is -0.671. The van der Waals surface area contributed by atoms with Crippen LogP contribution in [0.1, 0.15) is 12.8 Å². The van der Waals surface area contributed by atoms with Crippen molar-refractivity contribution in [1.29, 1.82) is 0 Å². The second-order valence-corrected chi connectivity index (χ2v) is 4.59. The van der Waals surface area contributed by atoms with Crippen LogP contribution in [0.5, 0.6) is 0 Å². The van der Waals surface area contributed by atoms with Crippen LogP contribution in [-0.4, -0.2) is 68.6 Å². The molecule has 0 radical (unpaired) electrons. The Hall–Kier alpha value is -1.34. The number of amides is 2. The van der Waals surface area contributed by atoms with Gasteiger partial charge in [0.25, 0.3) is 0 Å². The largest absolute Gasteiger partial charge is 0.481 e. The third-order valence-electron chi connectivity index (χ3n) is 3.24. The van der Waals surface area contributed by atoms with Crippen LogP contribution < -0.4 is 5.32 Å². The number of urea groups is 1. The van der Waals surface area contributed by atoms with E-state index >= 15 is 0 Å². The molecule has 19 heavy (non-hydrogen) atoms. The van der Waals surface area contributed by atoms with E-state index < -0.39 is 17.9 Å². The van der Waals surface area contributed by atoms with Crippen molar-refractivity contribution in [2.45, 2.75) is 18.9 Å². The number of likely N-dealkylation sites (N-methyl/N-ethyl adjacent to an activating group) is 1. The van der Waals surface area contributed by atoms with Crippen molar-refractivity contribution in [2.75, 3.05) is 40.5 Å². The fraction of sp³-hybridized carbons (Fsp3) is 0.833. The van der Waals surface area contributed by atoms with Crippen LogP contribution in [-0.2, 0) is 14.3 Å². The quantitative estimate of drug-likeness (QED) is 0.645. The molecular weight excluding hydrogens is 252 g/mol. The number of hydrogen-bond donors (Lipinski definition) is 2. The summed E-state index contributed by atoms with van der Waals surface area (Å²) in [4.78, 5) is 24.3. The van der Waals surface area contributed by atoms with Crippen molar-refractivity contribution < 1.29 is 24.2 Å². The van der Waals surface area contributed by atoms with Crippen molar-refractivity contribution in [3.05, 3.63) is 0 Å². The van der Waals surface area contributed by atoms with Crippen LogP contribution in [0.15, 0.2) is 0 Å². The molecular formula is C12H22N2O5. The molecule has 7 heteroatoms. The first-order valence-electron chi connectivity index (χ1n) is 6.38. The van der Waals surface area contributed by atoms with Crippen LogP contribution in [0.25, 0.3) is 0 Å². The molecule has 110 valence electrons. The number of carbonyl (C=O) groups excluding carboxylic acids is 1. The van der Waals surface area contributed by atoms with Gasteiger partial charge in [-0.3, -0.25) is 4.79 Å². The van der Waals surface area contributed by atoms with Crippen molar-refractivity contribution in [3.63, 3.8) is 0 Å². The predicted molar refractivity (Wildman–Crippen MR) is 68.0 cm³/mol. The Bertz CT molecular complexity index is 310. The maximum Gasteiger partial charge on any atom is 0.317 e. The molecule has 1 heterocycles. The summed E-state index contributed by atoms with van der Waals surface area (Å²) in [7, 11) is 3.23. The number of nitrogens with zero attached hydrogens (tertiary/aromatic N) is 1. The summed E-state index contributed by atoms with van der Waals surface area (Å²) in [6.07, 6.45) is 1.71. The van der Waals surface area contributed by atoms with Crippen LogP contribution in [0.3, 0.4) is 0 Å². The van der Waals surface area contributed by atoms with Crippen molar-refractivity contribution >= 4 is 12.0 Å². The minimum atomic E-state index is -0.928. The lowest BCUT2D eigenvalue weighted by Crippen LogP contribution is -2.48. The first-order valence-corrected chi connectivity index (χ1v) is 6.38. The molecule has 2 N–H and O–H groups in total. The number of unbranched alkanes of at least 4 members (excludes halogenated alkanes) is 1. The van der Waals surface area contributed by atoms with E-state index in [0.29, 0.717) is 13.2 Å². The summed E-state index contributed by atoms with van der Waals surface area (Å²) in [5.41, 5.74) is 0. The third-order valence-corrected chi connectivity index (χ3v) is 3.24. The van der Waals surface area contributed by atoms with E-state index in [9.17, 15) is 9.59 Å².